The summed E-state index contributed by atoms with van der Waals surface area (Å²) < 4.78 is 18.6. The molecule has 0 saturated carbocycles. The number of hydrogen-bond acceptors (Lipinski definition) is 5. The molecule has 2 aliphatic rings. The molecule has 2 unspecified atom stereocenters. The van der Waals surface area contributed by atoms with Gasteiger partial charge in [0.15, 0.2) is 0 Å². The van der Waals surface area contributed by atoms with E-state index in [0.717, 1.165) is 42.1 Å². The van der Waals surface area contributed by atoms with Gasteiger partial charge in [-0.05, 0) is 68.2 Å². The molecule has 2 heterocycles. The standard InChI is InChI=1S/C26H31FN4O4/c1-26(19-8-10-20(27)11-9-19)24(33)31(25(34)29-26)17-23(32)28-16-22(30-14-4-3-5-15-30)18-6-12-21(35-2)13-7-18/h6-13,22H,3-5,14-17H2,1-2H3,(H,28,32)(H,29,34). The van der Waals surface area contributed by atoms with Gasteiger partial charge in [0.1, 0.15) is 23.7 Å². The number of likely N-dealkylation sites (tertiary alicyclic amines) is 1. The van der Waals surface area contributed by atoms with Crippen LogP contribution in [-0.4, -0.2) is 60.9 Å². The topological polar surface area (TPSA) is 91.0 Å². The van der Waals surface area contributed by atoms with Crippen molar-refractivity contribution in [3.63, 3.8) is 0 Å². The van der Waals surface area contributed by atoms with Crippen LogP contribution in [0.1, 0.15) is 43.4 Å². The second kappa shape index (κ2) is 10.4. The number of amides is 4. The molecule has 0 aliphatic carbocycles. The number of benzene rings is 2. The number of imide groups is 1. The lowest BCUT2D eigenvalue weighted by Gasteiger charge is -2.35. The highest BCUT2D eigenvalue weighted by molar-refractivity contribution is 6.09. The van der Waals surface area contributed by atoms with Crippen molar-refractivity contribution in [2.75, 3.05) is 33.3 Å². The average molecular weight is 483 g/mol. The number of ether oxygens (including phenoxy) is 1. The first kappa shape index (κ1) is 24.7. The summed E-state index contributed by atoms with van der Waals surface area (Å²) in [6.45, 7) is 3.39. The third kappa shape index (κ3) is 5.30. The SMILES string of the molecule is COc1ccc(C(CNC(=O)CN2C(=O)NC(C)(c3ccc(F)cc3)C2=O)N2CCCCC2)cc1. The Kier molecular flexibility index (Phi) is 7.35. The van der Waals surface area contributed by atoms with Crippen LogP contribution < -0.4 is 15.4 Å². The van der Waals surface area contributed by atoms with Crippen molar-refractivity contribution in [2.45, 2.75) is 37.8 Å². The molecule has 2 aromatic rings. The molecule has 9 heteroatoms. The fourth-order valence-electron chi connectivity index (χ4n) is 4.74. The van der Waals surface area contributed by atoms with E-state index in [1.807, 2.05) is 24.3 Å². The molecule has 35 heavy (non-hydrogen) atoms. The Hall–Kier alpha value is -3.46. The quantitative estimate of drug-likeness (QED) is 0.565. The molecule has 2 atom stereocenters. The Morgan fingerprint density at radius 1 is 1.09 bits per heavy atom. The van der Waals surface area contributed by atoms with Crippen molar-refractivity contribution < 1.29 is 23.5 Å². The van der Waals surface area contributed by atoms with Crippen molar-refractivity contribution in [2.24, 2.45) is 0 Å². The number of carbonyl (C=O) groups excluding carboxylic acids is 3. The van der Waals surface area contributed by atoms with Gasteiger partial charge < -0.3 is 15.4 Å². The van der Waals surface area contributed by atoms with Crippen molar-refractivity contribution >= 4 is 17.8 Å². The van der Waals surface area contributed by atoms with E-state index >= 15 is 0 Å². The van der Waals surface area contributed by atoms with Gasteiger partial charge in [-0.3, -0.25) is 19.4 Å². The van der Waals surface area contributed by atoms with Crippen molar-refractivity contribution in [3.8, 4) is 5.75 Å². The van der Waals surface area contributed by atoms with Crippen LogP contribution in [0.4, 0.5) is 9.18 Å². The highest BCUT2D eigenvalue weighted by Crippen LogP contribution is 2.29. The van der Waals surface area contributed by atoms with Crippen LogP contribution in [0.25, 0.3) is 0 Å². The Balaban J connectivity index is 1.42. The van der Waals surface area contributed by atoms with Crippen LogP contribution in [0.15, 0.2) is 48.5 Å². The van der Waals surface area contributed by atoms with Crippen LogP contribution in [-0.2, 0) is 15.1 Å². The zero-order valence-corrected chi connectivity index (χ0v) is 20.1. The molecular weight excluding hydrogens is 451 g/mol. The molecule has 2 aromatic carbocycles. The van der Waals surface area contributed by atoms with E-state index in [1.54, 1.807) is 14.0 Å². The summed E-state index contributed by atoms with van der Waals surface area (Å²) in [6.07, 6.45) is 3.40. The van der Waals surface area contributed by atoms with Crippen molar-refractivity contribution in [1.82, 2.24) is 20.4 Å². The minimum Gasteiger partial charge on any atom is -0.497 e. The summed E-state index contributed by atoms with van der Waals surface area (Å²) in [5.41, 5.74) is 0.154. The number of hydrogen-bond donors (Lipinski definition) is 2. The fourth-order valence-corrected chi connectivity index (χ4v) is 4.74. The molecule has 0 aromatic heterocycles. The van der Waals surface area contributed by atoms with Crippen molar-refractivity contribution in [1.29, 1.82) is 0 Å². The molecule has 2 N–H and O–H groups in total. The lowest BCUT2D eigenvalue weighted by atomic mass is 9.92. The van der Waals surface area contributed by atoms with Gasteiger partial charge >= 0.3 is 6.03 Å². The lowest BCUT2D eigenvalue weighted by molar-refractivity contribution is -0.134. The Morgan fingerprint density at radius 3 is 2.37 bits per heavy atom. The van der Waals surface area contributed by atoms with Crippen LogP contribution in [0.2, 0.25) is 0 Å². The fraction of sp³-hybridized carbons (Fsp3) is 0.423. The zero-order valence-electron chi connectivity index (χ0n) is 20.1. The maximum atomic E-state index is 13.3. The van der Waals surface area contributed by atoms with Crippen molar-refractivity contribution in [3.05, 3.63) is 65.5 Å². The van der Waals surface area contributed by atoms with E-state index < -0.39 is 35.7 Å². The summed E-state index contributed by atoms with van der Waals surface area (Å²) in [5.74, 6) is -0.650. The predicted octanol–water partition coefficient (Wildman–Crippen LogP) is 2.94. The molecule has 2 saturated heterocycles. The van der Waals surface area contributed by atoms with Gasteiger partial charge in [0.2, 0.25) is 5.91 Å². The molecule has 0 bridgehead atoms. The Labute approximate surface area is 204 Å². The van der Waals surface area contributed by atoms with Crippen LogP contribution in [0.3, 0.4) is 0 Å². The Morgan fingerprint density at radius 2 is 1.74 bits per heavy atom. The van der Waals surface area contributed by atoms with Gasteiger partial charge in [-0.2, -0.15) is 0 Å². The van der Waals surface area contributed by atoms with Gasteiger partial charge in [-0.1, -0.05) is 30.7 Å². The third-order valence-electron chi connectivity index (χ3n) is 6.82. The molecule has 0 radical (unpaired) electrons. The molecule has 2 aliphatic heterocycles. The number of methoxy groups -OCH3 is 1. The second-order valence-corrected chi connectivity index (χ2v) is 9.14. The molecule has 4 rings (SSSR count). The first-order chi connectivity index (χ1) is 16.8. The number of rotatable bonds is 8. The monoisotopic (exact) mass is 482 g/mol. The highest BCUT2D eigenvalue weighted by Gasteiger charge is 2.49. The normalized spacial score (nSPS) is 21.5. The van der Waals surface area contributed by atoms with E-state index in [1.165, 1.54) is 30.7 Å². The minimum atomic E-state index is -1.36. The predicted molar refractivity (Wildman–Crippen MR) is 128 cm³/mol. The van der Waals surface area contributed by atoms with E-state index in [-0.39, 0.29) is 6.04 Å². The summed E-state index contributed by atoms with van der Waals surface area (Å²) in [5, 5.41) is 5.55. The average Bonchev–Trinajstić information content (AvgIpc) is 3.09. The second-order valence-electron chi connectivity index (χ2n) is 9.14. The maximum Gasteiger partial charge on any atom is 0.325 e. The lowest BCUT2D eigenvalue weighted by Crippen LogP contribution is -2.45. The number of piperidine rings is 1. The van der Waals surface area contributed by atoms with E-state index in [9.17, 15) is 18.8 Å². The number of halogens is 1. The number of carbonyl (C=O) groups is 3. The minimum absolute atomic E-state index is 0.0299. The summed E-state index contributed by atoms with van der Waals surface area (Å²) in [6, 6.07) is 12.5. The smallest absolute Gasteiger partial charge is 0.325 e. The molecule has 8 nitrogen and oxygen atoms in total. The van der Waals surface area contributed by atoms with Crippen LogP contribution in [0, 0.1) is 5.82 Å². The number of urea groups is 1. The summed E-state index contributed by atoms with van der Waals surface area (Å²) >= 11 is 0. The molecule has 4 amide bonds. The van der Waals surface area contributed by atoms with E-state index in [4.69, 9.17) is 4.74 Å². The van der Waals surface area contributed by atoms with Gasteiger partial charge in [-0.15, -0.1) is 0 Å². The van der Waals surface area contributed by atoms with E-state index in [2.05, 4.69) is 15.5 Å². The van der Waals surface area contributed by atoms with Crippen LogP contribution >= 0.6 is 0 Å². The summed E-state index contributed by atoms with van der Waals surface area (Å²) in [7, 11) is 1.62. The highest BCUT2D eigenvalue weighted by atomic mass is 19.1. The summed E-state index contributed by atoms with van der Waals surface area (Å²) in [4.78, 5) is 41.7. The van der Waals surface area contributed by atoms with Crippen LogP contribution in [0.5, 0.6) is 5.75 Å². The van der Waals surface area contributed by atoms with Gasteiger partial charge in [-0.25, -0.2) is 9.18 Å². The Bertz CT molecular complexity index is 1070. The number of nitrogens with one attached hydrogen (secondary N) is 2. The molecule has 0 spiro atoms. The van der Waals surface area contributed by atoms with Gasteiger partial charge in [0.05, 0.1) is 13.2 Å². The largest absolute Gasteiger partial charge is 0.497 e. The van der Waals surface area contributed by atoms with Gasteiger partial charge in [0, 0.05) is 6.54 Å². The third-order valence-corrected chi connectivity index (χ3v) is 6.82. The zero-order chi connectivity index (χ0) is 25.0. The first-order valence-electron chi connectivity index (χ1n) is 11.9. The molecule has 186 valence electrons. The molecule has 2 fully saturated rings. The van der Waals surface area contributed by atoms with Gasteiger partial charge in [0.25, 0.3) is 5.91 Å². The first-order valence-corrected chi connectivity index (χ1v) is 11.9. The van der Waals surface area contributed by atoms with E-state index in [0.29, 0.717) is 12.1 Å². The number of nitrogens with zero attached hydrogens (tertiary/aromatic N) is 2. The molecular formula is C26H31FN4O4. The maximum absolute atomic E-state index is 13.3.